The number of halogens is 3. The number of rotatable bonds is 3. The van der Waals surface area contributed by atoms with Gasteiger partial charge in [0, 0.05) is 11.7 Å². The molecule has 8 heteroatoms. The van der Waals surface area contributed by atoms with Crippen molar-refractivity contribution in [1.29, 1.82) is 0 Å². The lowest BCUT2D eigenvalue weighted by molar-refractivity contribution is -0.136. The van der Waals surface area contributed by atoms with Crippen molar-refractivity contribution in [2.75, 3.05) is 10.2 Å². The third-order valence-electron chi connectivity index (χ3n) is 4.81. The van der Waals surface area contributed by atoms with E-state index >= 15 is 0 Å². The molecule has 1 atom stereocenters. The van der Waals surface area contributed by atoms with E-state index in [-0.39, 0.29) is 17.4 Å². The molecule has 148 valence electrons. The maximum Gasteiger partial charge on any atom is 0.418 e. The Labute approximate surface area is 165 Å². The minimum Gasteiger partial charge on any atom is -0.322 e. The Bertz CT molecular complexity index is 1050. The van der Waals surface area contributed by atoms with E-state index < -0.39 is 17.6 Å². The van der Waals surface area contributed by atoms with Crippen molar-refractivity contribution in [3.05, 3.63) is 77.7 Å². The van der Waals surface area contributed by atoms with E-state index in [0.717, 1.165) is 18.2 Å². The Morgan fingerprint density at radius 1 is 1.07 bits per heavy atom. The standard InChI is InChI=1S/C21H17F3N4O/c1-13-10-14-6-2-5-9-18(14)28(13)19-12-25-17(11-26-19)20(29)27-16-8-4-3-7-15(16)21(22,23)24/h2-9,11-13H,10H2,1H3,(H,27,29). The summed E-state index contributed by atoms with van der Waals surface area (Å²) in [6, 6.07) is 13.0. The topological polar surface area (TPSA) is 58.1 Å². The summed E-state index contributed by atoms with van der Waals surface area (Å²) in [4.78, 5) is 22.9. The summed E-state index contributed by atoms with van der Waals surface area (Å²) >= 11 is 0. The number of aromatic nitrogens is 2. The van der Waals surface area contributed by atoms with E-state index in [0.29, 0.717) is 5.82 Å². The maximum absolute atomic E-state index is 13.1. The molecule has 2 aromatic carbocycles. The zero-order chi connectivity index (χ0) is 20.6. The van der Waals surface area contributed by atoms with Crippen LogP contribution in [0.1, 0.15) is 28.5 Å². The smallest absolute Gasteiger partial charge is 0.322 e. The Hall–Kier alpha value is -3.42. The minimum atomic E-state index is -4.57. The van der Waals surface area contributed by atoms with Crippen molar-refractivity contribution in [1.82, 2.24) is 9.97 Å². The van der Waals surface area contributed by atoms with Gasteiger partial charge < -0.3 is 10.2 Å². The highest BCUT2D eigenvalue weighted by molar-refractivity contribution is 6.03. The van der Waals surface area contributed by atoms with Crippen LogP contribution in [0.3, 0.4) is 0 Å². The van der Waals surface area contributed by atoms with Crippen LogP contribution in [0.5, 0.6) is 0 Å². The minimum absolute atomic E-state index is 0.0640. The molecule has 1 N–H and O–H groups in total. The van der Waals surface area contributed by atoms with Gasteiger partial charge in [-0.15, -0.1) is 0 Å². The number of hydrogen-bond donors (Lipinski definition) is 1. The summed E-state index contributed by atoms with van der Waals surface area (Å²) in [7, 11) is 0. The zero-order valence-corrected chi connectivity index (χ0v) is 15.4. The van der Waals surface area contributed by atoms with Gasteiger partial charge in [0.15, 0.2) is 5.82 Å². The summed E-state index contributed by atoms with van der Waals surface area (Å²) in [6.45, 7) is 2.07. The molecule has 1 unspecified atom stereocenters. The molecule has 29 heavy (non-hydrogen) atoms. The van der Waals surface area contributed by atoms with Gasteiger partial charge in [0.25, 0.3) is 5.91 Å². The number of amides is 1. The SMILES string of the molecule is CC1Cc2ccccc2N1c1cnc(C(=O)Nc2ccccc2C(F)(F)F)cn1. The number of nitrogens with one attached hydrogen (secondary N) is 1. The van der Waals surface area contributed by atoms with Gasteiger partial charge in [0.05, 0.1) is 23.6 Å². The van der Waals surface area contributed by atoms with Crippen LogP contribution in [0, 0.1) is 0 Å². The Kier molecular flexibility index (Phi) is 4.70. The van der Waals surface area contributed by atoms with E-state index in [1.807, 2.05) is 23.1 Å². The molecule has 4 rings (SSSR count). The number of nitrogens with zero attached hydrogens (tertiary/aromatic N) is 3. The molecule has 0 fully saturated rings. The first-order valence-electron chi connectivity index (χ1n) is 9.01. The number of fused-ring (bicyclic) bond motifs is 1. The van der Waals surface area contributed by atoms with Gasteiger partial charge in [0.2, 0.25) is 0 Å². The first kappa shape index (κ1) is 18.9. The predicted octanol–water partition coefficient (Wildman–Crippen LogP) is 4.83. The fraction of sp³-hybridized carbons (Fsp3) is 0.190. The molecule has 0 aliphatic carbocycles. The van der Waals surface area contributed by atoms with E-state index in [2.05, 4.69) is 28.3 Å². The van der Waals surface area contributed by atoms with Crippen LogP contribution < -0.4 is 10.2 Å². The van der Waals surface area contributed by atoms with Crippen molar-refractivity contribution in [3.63, 3.8) is 0 Å². The molecule has 5 nitrogen and oxygen atoms in total. The molecular formula is C21H17F3N4O. The van der Waals surface area contributed by atoms with Crippen LogP contribution in [0.25, 0.3) is 0 Å². The summed E-state index contributed by atoms with van der Waals surface area (Å²) < 4.78 is 39.3. The number of anilines is 3. The Morgan fingerprint density at radius 2 is 1.79 bits per heavy atom. The van der Waals surface area contributed by atoms with E-state index in [4.69, 9.17) is 0 Å². The normalized spacial score (nSPS) is 15.9. The van der Waals surface area contributed by atoms with Gasteiger partial charge in [-0.25, -0.2) is 9.97 Å². The van der Waals surface area contributed by atoms with Crippen molar-refractivity contribution in [2.45, 2.75) is 25.6 Å². The first-order valence-corrected chi connectivity index (χ1v) is 9.01. The summed E-state index contributed by atoms with van der Waals surface area (Å²) in [5.74, 6) is -0.176. The van der Waals surface area contributed by atoms with Crippen LogP contribution in [-0.2, 0) is 12.6 Å². The van der Waals surface area contributed by atoms with Gasteiger partial charge in [0.1, 0.15) is 5.69 Å². The lowest BCUT2D eigenvalue weighted by atomic mass is 10.1. The second-order valence-corrected chi connectivity index (χ2v) is 6.81. The molecule has 0 saturated heterocycles. The highest BCUT2D eigenvalue weighted by atomic mass is 19.4. The molecule has 1 aromatic heterocycles. The lowest BCUT2D eigenvalue weighted by Gasteiger charge is -2.23. The second-order valence-electron chi connectivity index (χ2n) is 6.81. The number of alkyl halides is 3. The average Bonchev–Trinajstić information content (AvgIpc) is 3.03. The molecule has 2 heterocycles. The summed E-state index contributed by atoms with van der Waals surface area (Å²) in [5.41, 5.74) is 0.933. The van der Waals surface area contributed by atoms with Crippen molar-refractivity contribution >= 4 is 23.1 Å². The van der Waals surface area contributed by atoms with Crippen LogP contribution in [0.4, 0.5) is 30.4 Å². The molecule has 1 aliphatic rings. The highest BCUT2D eigenvalue weighted by Gasteiger charge is 2.34. The quantitative estimate of drug-likeness (QED) is 0.687. The van der Waals surface area contributed by atoms with E-state index in [1.165, 1.54) is 36.2 Å². The van der Waals surface area contributed by atoms with Gasteiger partial charge in [-0.2, -0.15) is 13.2 Å². The third kappa shape index (κ3) is 3.65. The molecular weight excluding hydrogens is 381 g/mol. The molecule has 3 aromatic rings. The molecule has 0 spiro atoms. The van der Waals surface area contributed by atoms with Crippen LogP contribution in [-0.4, -0.2) is 21.9 Å². The molecule has 0 saturated carbocycles. The van der Waals surface area contributed by atoms with Gasteiger partial charge >= 0.3 is 6.18 Å². The summed E-state index contributed by atoms with van der Waals surface area (Å²) in [6.07, 6.45) is -0.968. The third-order valence-corrected chi connectivity index (χ3v) is 4.81. The first-order chi connectivity index (χ1) is 13.8. The second kappa shape index (κ2) is 7.20. The molecule has 0 radical (unpaired) electrons. The van der Waals surface area contributed by atoms with E-state index in [9.17, 15) is 18.0 Å². The maximum atomic E-state index is 13.1. The highest BCUT2D eigenvalue weighted by Crippen LogP contribution is 2.37. The van der Waals surface area contributed by atoms with Gasteiger partial charge in [-0.05, 0) is 37.1 Å². The van der Waals surface area contributed by atoms with Crippen molar-refractivity contribution in [2.24, 2.45) is 0 Å². The molecule has 1 amide bonds. The lowest BCUT2D eigenvalue weighted by Crippen LogP contribution is -2.25. The number of carbonyl (C=O) groups is 1. The predicted molar refractivity (Wildman–Crippen MR) is 103 cm³/mol. The zero-order valence-electron chi connectivity index (χ0n) is 15.4. The largest absolute Gasteiger partial charge is 0.418 e. The van der Waals surface area contributed by atoms with Gasteiger partial charge in [-0.3, -0.25) is 4.79 Å². The van der Waals surface area contributed by atoms with Crippen LogP contribution in [0.15, 0.2) is 60.9 Å². The number of benzene rings is 2. The van der Waals surface area contributed by atoms with Crippen LogP contribution >= 0.6 is 0 Å². The summed E-state index contributed by atoms with van der Waals surface area (Å²) in [5, 5.41) is 2.27. The van der Waals surface area contributed by atoms with Crippen molar-refractivity contribution < 1.29 is 18.0 Å². The number of hydrogen-bond acceptors (Lipinski definition) is 4. The van der Waals surface area contributed by atoms with E-state index in [1.54, 1.807) is 0 Å². The Morgan fingerprint density at radius 3 is 2.52 bits per heavy atom. The molecule has 1 aliphatic heterocycles. The van der Waals surface area contributed by atoms with Crippen LogP contribution in [0.2, 0.25) is 0 Å². The fourth-order valence-corrected chi connectivity index (χ4v) is 3.50. The monoisotopic (exact) mass is 398 g/mol. The Balaban J connectivity index is 1.56. The number of para-hydroxylation sites is 2. The number of carbonyl (C=O) groups excluding carboxylic acids is 1. The average molecular weight is 398 g/mol. The van der Waals surface area contributed by atoms with Crippen molar-refractivity contribution in [3.8, 4) is 0 Å². The van der Waals surface area contributed by atoms with Gasteiger partial charge in [-0.1, -0.05) is 30.3 Å². The molecule has 0 bridgehead atoms. The fourth-order valence-electron chi connectivity index (χ4n) is 3.50.